The SMILES string of the molecule is COc1cc(C)c(F)cc1NCC#Cc1cc2c(NC3CCN(C)CC3)cccc2n1CCF. The number of benzene rings is 2. The minimum atomic E-state index is -0.469. The van der Waals surface area contributed by atoms with Gasteiger partial charge in [0.2, 0.25) is 0 Å². The molecule has 0 saturated carbocycles. The van der Waals surface area contributed by atoms with E-state index in [0.717, 1.165) is 48.2 Å². The molecule has 180 valence electrons. The van der Waals surface area contributed by atoms with Gasteiger partial charge in [-0.25, -0.2) is 8.78 Å². The summed E-state index contributed by atoms with van der Waals surface area (Å²) in [5, 5.41) is 7.86. The van der Waals surface area contributed by atoms with E-state index in [9.17, 15) is 8.78 Å². The van der Waals surface area contributed by atoms with Crippen LogP contribution in [-0.4, -0.2) is 56.0 Å². The molecular weight excluding hydrogens is 434 g/mol. The highest BCUT2D eigenvalue weighted by atomic mass is 19.1. The maximum atomic E-state index is 14.0. The van der Waals surface area contributed by atoms with Crippen molar-refractivity contribution in [1.82, 2.24) is 9.47 Å². The molecule has 0 radical (unpaired) electrons. The lowest BCUT2D eigenvalue weighted by Gasteiger charge is -2.30. The van der Waals surface area contributed by atoms with Gasteiger partial charge in [-0.15, -0.1) is 0 Å². The lowest BCUT2D eigenvalue weighted by Crippen LogP contribution is -2.36. The topological polar surface area (TPSA) is 41.5 Å². The van der Waals surface area contributed by atoms with E-state index >= 15 is 0 Å². The third-order valence-electron chi connectivity index (χ3n) is 6.40. The molecule has 34 heavy (non-hydrogen) atoms. The van der Waals surface area contributed by atoms with E-state index < -0.39 is 6.67 Å². The molecule has 3 aromatic rings. The van der Waals surface area contributed by atoms with Gasteiger partial charge in [-0.05, 0) is 75.7 Å². The first-order valence-electron chi connectivity index (χ1n) is 11.7. The van der Waals surface area contributed by atoms with Crippen LogP contribution in [-0.2, 0) is 6.54 Å². The first-order chi connectivity index (χ1) is 16.5. The number of likely N-dealkylation sites (tertiary alicyclic amines) is 1. The molecule has 2 aromatic carbocycles. The number of ether oxygens (including phenoxy) is 1. The van der Waals surface area contributed by atoms with Crippen LogP contribution in [0.3, 0.4) is 0 Å². The Morgan fingerprint density at radius 2 is 1.94 bits per heavy atom. The van der Waals surface area contributed by atoms with Crippen LogP contribution in [0.25, 0.3) is 10.9 Å². The average Bonchev–Trinajstić information content (AvgIpc) is 3.19. The van der Waals surface area contributed by atoms with Gasteiger partial charge in [-0.2, -0.15) is 0 Å². The standard InChI is InChI=1S/C27H32F2N4O/c1-19-16-27(34-3)25(18-23(19)29)30-12-5-6-21-17-22-24(31-20-9-13-32(2)14-10-20)7-4-8-26(22)33(21)15-11-28/h4,7-8,16-18,20,30-31H,9-15H2,1-3H3. The largest absolute Gasteiger partial charge is 0.495 e. The number of fused-ring (bicyclic) bond motifs is 1. The van der Waals surface area contributed by atoms with Crippen molar-refractivity contribution in [2.45, 2.75) is 32.4 Å². The maximum absolute atomic E-state index is 14.0. The maximum Gasteiger partial charge on any atom is 0.142 e. The monoisotopic (exact) mass is 466 g/mol. The van der Waals surface area contributed by atoms with Crippen LogP contribution < -0.4 is 15.4 Å². The Morgan fingerprint density at radius 3 is 2.68 bits per heavy atom. The molecule has 1 aliphatic heterocycles. The van der Waals surface area contributed by atoms with Gasteiger partial charge in [-0.1, -0.05) is 12.0 Å². The highest BCUT2D eigenvalue weighted by Crippen LogP contribution is 2.29. The van der Waals surface area contributed by atoms with Crippen molar-refractivity contribution in [3.63, 3.8) is 0 Å². The van der Waals surface area contributed by atoms with E-state index in [1.54, 1.807) is 20.1 Å². The summed E-state index contributed by atoms with van der Waals surface area (Å²) in [4.78, 5) is 2.35. The van der Waals surface area contributed by atoms with Gasteiger partial charge in [0.25, 0.3) is 0 Å². The van der Waals surface area contributed by atoms with Gasteiger partial charge in [-0.3, -0.25) is 0 Å². The van der Waals surface area contributed by atoms with Crippen LogP contribution in [0.5, 0.6) is 5.75 Å². The molecule has 4 rings (SSSR count). The quantitative estimate of drug-likeness (QED) is 0.479. The molecule has 0 bridgehead atoms. The van der Waals surface area contributed by atoms with Crippen LogP contribution in [0.4, 0.5) is 20.2 Å². The lowest BCUT2D eigenvalue weighted by molar-refractivity contribution is 0.264. The van der Waals surface area contributed by atoms with Crippen molar-refractivity contribution in [3.05, 3.63) is 53.5 Å². The number of nitrogens with one attached hydrogen (secondary N) is 2. The Kier molecular flexibility index (Phi) is 7.59. The minimum Gasteiger partial charge on any atom is -0.495 e. The molecule has 2 heterocycles. The van der Waals surface area contributed by atoms with Crippen molar-refractivity contribution in [2.24, 2.45) is 0 Å². The summed E-state index contributed by atoms with van der Waals surface area (Å²) in [6.45, 7) is 3.93. The molecule has 0 unspecified atom stereocenters. The van der Waals surface area contributed by atoms with Crippen molar-refractivity contribution < 1.29 is 13.5 Å². The van der Waals surface area contributed by atoms with Crippen LogP contribution in [0, 0.1) is 24.6 Å². The third kappa shape index (κ3) is 5.28. The van der Waals surface area contributed by atoms with E-state index in [4.69, 9.17) is 4.74 Å². The lowest BCUT2D eigenvalue weighted by atomic mass is 10.0. The molecule has 1 aliphatic rings. The van der Waals surface area contributed by atoms with E-state index in [1.165, 1.54) is 6.07 Å². The van der Waals surface area contributed by atoms with E-state index in [-0.39, 0.29) is 12.4 Å². The van der Waals surface area contributed by atoms with Gasteiger partial charge in [0.15, 0.2) is 0 Å². The molecule has 7 heteroatoms. The third-order valence-corrected chi connectivity index (χ3v) is 6.40. The summed E-state index contributed by atoms with van der Waals surface area (Å²) in [6, 6.07) is 11.6. The van der Waals surface area contributed by atoms with Gasteiger partial charge in [0, 0.05) is 23.2 Å². The van der Waals surface area contributed by atoms with Gasteiger partial charge in [0.05, 0.1) is 37.1 Å². The number of anilines is 2. The summed E-state index contributed by atoms with van der Waals surface area (Å²) < 4.78 is 34.6. The predicted octanol–water partition coefficient (Wildman–Crippen LogP) is 5.04. The summed E-state index contributed by atoms with van der Waals surface area (Å²) in [5.41, 5.74) is 3.86. The molecule has 0 aliphatic carbocycles. The second-order valence-corrected chi connectivity index (χ2v) is 8.79. The predicted molar refractivity (Wildman–Crippen MR) is 135 cm³/mol. The fourth-order valence-corrected chi connectivity index (χ4v) is 4.45. The Balaban J connectivity index is 1.55. The van der Waals surface area contributed by atoms with Crippen molar-refractivity contribution >= 4 is 22.3 Å². The fraction of sp³-hybridized carbons (Fsp3) is 0.407. The number of aromatic nitrogens is 1. The highest BCUT2D eigenvalue weighted by molar-refractivity contribution is 5.94. The smallest absolute Gasteiger partial charge is 0.142 e. The summed E-state index contributed by atoms with van der Waals surface area (Å²) in [5.74, 6) is 6.53. The summed E-state index contributed by atoms with van der Waals surface area (Å²) >= 11 is 0. The Labute approximate surface area is 200 Å². The Bertz CT molecular complexity index is 1200. The molecule has 2 N–H and O–H groups in total. The number of hydrogen-bond donors (Lipinski definition) is 2. The van der Waals surface area contributed by atoms with Gasteiger partial charge < -0.3 is 24.8 Å². The molecule has 5 nitrogen and oxygen atoms in total. The summed E-state index contributed by atoms with van der Waals surface area (Å²) in [6.07, 6.45) is 2.19. The second-order valence-electron chi connectivity index (χ2n) is 8.79. The zero-order valence-electron chi connectivity index (χ0n) is 20.0. The van der Waals surface area contributed by atoms with Gasteiger partial charge in [0.1, 0.15) is 18.2 Å². The number of rotatable bonds is 7. The fourth-order valence-electron chi connectivity index (χ4n) is 4.45. The number of piperidine rings is 1. The van der Waals surface area contributed by atoms with Crippen molar-refractivity contribution in [3.8, 4) is 17.6 Å². The molecule has 1 fully saturated rings. The highest BCUT2D eigenvalue weighted by Gasteiger charge is 2.18. The van der Waals surface area contributed by atoms with Crippen LogP contribution in [0.15, 0.2) is 36.4 Å². The van der Waals surface area contributed by atoms with Crippen LogP contribution in [0.1, 0.15) is 24.1 Å². The number of halogens is 2. The second kappa shape index (κ2) is 10.8. The number of nitrogens with zero attached hydrogens (tertiary/aromatic N) is 2. The average molecular weight is 467 g/mol. The first-order valence-corrected chi connectivity index (χ1v) is 11.7. The molecule has 1 saturated heterocycles. The number of alkyl halides is 1. The number of aryl methyl sites for hydroxylation is 2. The van der Waals surface area contributed by atoms with E-state index in [2.05, 4.69) is 40.5 Å². The summed E-state index contributed by atoms with van der Waals surface area (Å²) in [7, 11) is 3.70. The van der Waals surface area contributed by atoms with Crippen molar-refractivity contribution in [2.75, 3.05) is 51.1 Å². The van der Waals surface area contributed by atoms with Crippen molar-refractivity contribution in [1.29, 1.82) is 0 Å². The molecule has 0 atom stereocenters. The van der Waals surface area contributed by atoms with Crippen LogP contribution >= 0.6 is 0 Å². The van der Waals surface area contributed by atoms with E-state index in [1.807, 2.05) is 22.8 Å². The Morgan fingerprint density at radius 1 is 1.15 bits per heavy atom. The molecule has 0 spiro atoms. The zero-order chi connectivity index (χ0) is 24.1. The van der Waals surface area contributed by atoms with Crippen LogP contribution in [0.2, 0.25) is 0 Å². The van der Waals surface area contributed by atoms with Gasteiger partial charge >= 0.3 is 0 Å². The first kappa shape index (κ1) is 23.9. The Hall–Kier alpha value is -3.24. The molecule has 1 aromatic heterocycles. The number of methoxy groups -OCH3 is 1. The molecular formula is C27H32F2N4O. The normalized spacial score (nSPS) is 14.6. The molecule has 0 amide bonds. The number of hydrogen-bond acceptors (Lipinski definition) is 4. The van der Waals surface area contributed by atoms with E-state index in [0.29, 0.717) is 29.6 Å². The zero-order valence-corrected chi connectivity index (χ0v) is 20.0. The minimum absolute atomic E-state index is 0.246.